The van der Waals surface area contributed by atoms with Crippen molar-refractivity contribution in [2.45, 2.75) is 12.3 Å². The maximum absolute atomic E-state index is 12.1. The third kappa shape index (κ3) is 3.47. The number of oxazole rings is 1. The molecular weight excluding hydrogens is 324 g/mol. The standard InChI is InChI=1S/C15H13ClN2O3S/c16-12-6-2-1-5-11(12)10-22(19,20)17-9-15-18-13-7-3-4-8-14(13)21-15/h1-8,17H,9-10H2. The summed E-state index contributed by atoms with van der Waals surface area (Å²) in [6.45, 7) is 0.00145. The molecule has 0 fully saturated rings. The largest absolute Gasteiger partial charge is 0.439 e. The molecule has 0 radical (unpaired) electrons. The van der Waals surface area contributed by atoms with Crippen LogP contribution in [0, 0.1) is 0 Å². The average molecular weight is 337 g/mol. The first-order valence-corrected chi connectivity index (χ1v) is 8.62. The molecule has 114 valence electrons. The third-order valence-electron chi connectivity index (χ3n) is 3.08. The van der Waals surface area contributed by atoms with Crippen LogP contribution in [0.2, 0.25) is 5.02 Å². The Bertz CT molecular complexity index is 873. The Hall–Kier alpha value is -1.89. The number of sulfonamides is 1. The minimum Gasteiger partial charge on any atom is -0.439 e. The monoisotopic (exact) mass is 336 g/mol. The molecular formula is C15H13ClN2O3S. The number of fused-ring (bicyclic) bond motifs is 1. The summed E-state index contributed by atoms with van der Waals surface area (Å²) in [6.07, 6.45) is 0. The van der Waals surface area contributed by atoms with Crippen molar-refractivity contribution in [3.63, 3.8) is 0 Å². The zero-order valence-corrected chi connectivity index (χ0v) is 13.1. The molecule has 0 atom stereocenters. The molecule has 0 amide bonds. The quantitative estimate of drug-likeness (QED) is 0.777. The van der Waals surface area contributed by atoms with E-state index in [1.165, 1.54) is 0 Å². The van der Waals surface area contributed by atoms with Crippen LogP contribution in [0.5, 0.6) is 0 Å². The summed E-state index contributed by atoms with van der Waals surface area (Å²) in [5.41, 5.74) is 1.87. The van der Waals surface area contributed by atoms with E-state index in [0.29, 0.717) is 27.6 Å². The molecule has 0 aliphatic rings. The van der Waals surface area contributed by atoms with E-state index in [9.17, 15) is 8.42 Å². The summed E-state index contributed by atoms with van der Waals surface area (Å²) in [6, 6.07) is 14.1. The molecule has 1 heterocycles. The van der Waals surface area contributed by atoms with Gasteiger partial charge in [0.2, 0.25) is 15.9 Å². The molecule has 5 nitrogen and oxygen atoms in total. The van der Waals surface area contributed by atoms with Crippen molar-refractivity contribution in [3.8, 4) is 0 Å². The Morgan fingerprint density at radius 2 is 1.82 bits per heavy atom. The number of aromatic nitrogens is 1. The zero-order chi connectivity index (χ0) is 15.6. The van der Waals surface area contributed by atoms with Crippen LogP contribution in [0.15, 0.2) is 52.9 Å². The predicted molar refractivity (Wildman–Crippen MR) is 84.9 cm³/mol. The number of nitrogens with one attached hydrogen (secondary N) is 1. The highest BCUT2D eigenvalue weighted by atomic mass is 35.5. The maximum atomic E-state index is 12.1. The van der Waals surface area contributed by atoms with Crippen molar-refractivity contribution < 1.29 is 12.8 Å². The molecule has 3 aromatic rings. The van der Waals surface area contributed by atoms with E-state index in [0.717, 1.165) is 0 Å². The van der Waals surface area contributed by atoms with Gasteiger partial charge in [0.25, 0.3) is 0 Å². The normalized spacial score (nSPS) is 11.9. The molecule has 0 aliphatic carbocycles. The van der Waals surface area contributed by atoms with Gasteiger partial charge in [-0.25, -0.2) is 18.1 Å². The van der Waals surface area contributed by atoms with Gasteiger partial charge < -0.3 is 4.42 Å². The summed E-state index contributed by atoms with van der Waals surface area (Å²) in [5.74, 6) is 0.135. The van der Waals surface area contributed by atoms with Crippen LogP contribution in [-0.2, 0) is 22.3 Å². The first kappa shape index (κ1) is 15.0. The molecule has 0 saturated heterocycles. The van der Waals surface area contributed by atoms with Gasteiger partial charge in [-0.05, 0) is 23.8 Å². The van der Waals surface area contributed by atoms with Crippen molar-refractivity contribution in [1.82, 2.24) is 9.71 Å². The van der Waals surface area contributed by atoms with Crippen LogP contribution >= 0.6 is 11.6 Å². The molecule has 0 unspecified atom stereocenters. The minimum absolute atomic E-state index is 0.00145. The van der Waals surface area contributed by atoms with Gasteiger partial charge >= 0.3 is 0 Å². The zero-order valence-electron chi connectivity index (χ0n) is 11.5. The maximum Gasteiger partial charge on any atom is 0.216 e. The van der Waals surface area contributed by atoms with Crippen molar-refractivity contribution in [1.29, 1.82) is 0 Å². The molecule has 2 aromatic carbocycles. The third-order valence-corrected chi connectivity index (χ3v) is 4.73. The number of rotatable bonds is 5. The fourth-order valence-corrected chi connectivity index (χ4v) is 3.43. The molecule has 0 spiro atoms. The van der Waals surface area contributed by atoms with Crippen molar-refractivity contribution in [2.75, 3.05) is 0 Å². The van der Waals surface area contributed by atoms with Crippen LogP contribution < -0.4 is 4.72 Å². The van der Waals surface area contributed by atoms with E-state index in [1.54, 1.807) is 36.4 Å². The molecule has 0 aliphatic heterocycles. The minimum atomic E-state index is -3.53. The molecule has 1 N–H and O–H groups in total. The van der Waals surface area contributed by atoms with E-state index in [4.69, 9.17) is 16.0 Å². The van der Waals surface area contributed by atoms with Gasteiger partial charge in [-0.15, -0.1) is 0 Å². The van der Waals surface area contributed by atoms with Gasteiger partial charge in [0.05, 0.1) is 12.3 Å². The van der Waals surface area contributed by atoms with Crippen LogP contribution in [0.1, 0.15) is 11.5 Å². The van der Waals surface area contributed by atoms with E-state index in [2.05, 4.69) is 9.71 Å². The van der Waals surface area contributed by atoms with E-state index < -0.39 is 10.0 Å². The first-order chi connectivity index (χ1) is 10.5. The van der Waals surface area contributed by atoms with Crippen LogP contribution in [-0.4, -0.2) is 13.4 Å². The fraction of sp³-hybridized carbons (Fsp3) is 0.133. The summed E-state index contributed by atoms with van der Waals surface area (Å²) < 4.78 is 32.1. The van der Waals surface area contributed by atoms with Gasteiger partial charge in [-0.2, -0.15) is 0 Å². The topological polar surface area (TPSA) is 72.2 Å². The van der Waals surface area contributed by atoms with Gasteiger partial charge in [0.15, 0.2) is 5.58 Å². The van der Waals surface area contributed by atoms with Gasteiger partial charge in [-0.3, -0.25) is 0 Å². The molecule has 3 rings (SSSR count). The van der Waals surface area contributed by atoms with E-state index >= 15 is 0 Å². The van der Waals surface area contributed by atoms with E-state index in [-0.39, 0.29) is 12.3 Å². The highest BCUT2D eigenvalue weighted by Gasteiger charge is 2.15. The van der Waals surface area contributed by atoms with Crippen LogP contribution in [0.3, 0.4) is 0 Å². The Kier molecular flexibility index (Phi) is 4.15. The number of benzene rings is 2. The number of halogens is 1. The van der Waals surface area contributed by atoms with Crippen molar-refractivity contribution >= 4 is 32.7 Å². The molecule has 22 heavy (non-hydrogen) atoms. The van der Waals surface area contributed by atoms with E-state index in [1.807, 2.05) is 12.1 Å². The predicted octanol–water partition coefficient (Wildman–Crippen LogP) is 3.10. The highest BCUT2D eigenvalue weighted by molar-refractivity contribution is 7.88. The summed E-state index contributed by atoms with van der Waals surface area (Å²) in [7, 11) is -3.53. The van der Waals surface area contributed by atoms with Gasteiger partial charge in [0, 0.05) is 5.02 Å². The Morgan fingerprint density at radius 3 is 2.59 bits per heavy atom. The Morgan fingerprint density at radius 1 is 1.09 bits per heavy atom. The Labute approximate surface area is 133 Å². The van der Waals surface area contributed by atoms with Crippen molar-refractivity contribution in [3.05, 3.63) is 65.0 Å². The second kappa shape index (κ2) is 6.08. The molecule has 7 heteroatoms. The van der Waals surface area contributed by atoms with Crippen LogP contribution in [0.4, 0.5) is 0 Å². The summed E-state index contributed by atoms with van der Waals surface area (Å²) in [5, 5.41) is 0.426. The fourth-order valence-electron chi connectivity index (χ4n) is 2.04. The lowest BCUT2D eigenvalue weighted by Crippen LogP contribution is -2.25. The molecule has 0 saturated carbocycles. The molecule has 0 bridgehead atoms. The second-order valence-corrected chi connectivity index (χ2v) is 6.96. The lowest BCUT2D eigenvalue weighted by atomic mass is 10.2. The van der Waals surface area contributed by atoms with Crippen LogP contribution in [0.25, 0.3) is 11.1 Å². The average Bonchev–Trinajstić information content (AvgIpc) is 2.91. The summed E-state index contributed by atoms with van der Waals surface area (Å²) >= 11 is 5.98. The lowest BCUT2D eigenvalue weighted by molar-refractivity contribution is 0.513. The number of para-hydroxylation sites is 2. The lowest BCUT2D eigenvalue weighted by Gasteiger charge is -2.06. The SMILES string of the molecule is O=S(=O)(Cc1ccccc1Cl)NCc1nc2ccccc2o1. The Balaban J connectivity index is 1.71. The highest BCUT2D eigenvalue weighted by Crippen LogP contribution is 2.18. The smallest absolute Gasteiger partial charge is 0.216 e. The van der Waals surface area contributed by atoms with Crippen molar-refractivity contribution in [2.24, 2.45) is 0 Å². The summed E-state index contributed by atoms with van der Waals surface area (Å²) in [4.78, 5) is 4.22. The number of hydrogen-bond acceptors (Lipinski definition) is 4. The second-order valence-electron chi connectivity index (χ2n) is 4.75. The number of hydrogen-bond donors (Lipinski definition) is 1. The first-order valence-electron chi connectivity index (χ1n) is 6.59. The van der Waals surface area contributed by atoms with Gasteiger partial charge in [-0.1, -0.05) is 41.9 Å². The van der Waals surface area contributed by atoms with Gasteiger partial charge in [0.1, 0.15) is 5.52 Å². The number of nitrogens with zero attached hydrogens (tertiary/aromatic N) is 1. The molecule has 1 aromatic heterocycles.